The molecule has 1 aromatic heterocycles. The summed E-state index contributed by atoms with van der Waals surface area (Å²) >= 11 is 0. The zero-order valence-corrected chi connectivity index (χ0v) is 39.9. The van der Waals surface area contributed by atoms with Crippen LogP contribution in [0.3, 0.4) is 0 Å². The number of imide groups is 1. The zero-order chi connectivity index (χ0) is 42.8. The number of benzene rings is 2. The number of likely N-dealkylation sites (N-methyl/N-ethyl adjacent to an activating group) is 1. The first-order valence-corrected chi connectivity index (χ1v) is 21.6. The Hall–Kier alpha value is -3.45. The molecule has 1 unspecified atom stereocenters. The largest absolute Gasteiger partial charge is 1.00 e. The Morgan fingerprint density at radius 3 is 2.29 bits per heavy atom. The second-order valence-corrected chi connectivity index (χ2v) is 17.6. The van der Waals surface area contributed by atoms with Gasteiger partial charge in [0, 0.05) is 56.0 Å². The Morgan fingerprint density at radius 1 is 0.935 bits per heavy atom. The van der Waals surface area contributed by atoms with Crippen molar-refractivity contribution in [2.24, 2.45) is 11.3 Å². The maximum atomic E-state index is 13.5. The van der Waals surface area contributed by atoms with Crippen molar-refractivity contribution in [3.05, 3.63) is 80.1 Å². The summed E-state index contributed by atoms with van der Waals surface area (Å²) in [6, 6.07) is 8.30. The molecule has 1 aliphatic carbocycles. The molecule has 2 N–H and O–H groups in total. The predicted octanol–water partition coefficient (Wildman–Crippen LogP) is 1.57. The van der Waals surface area contributed by atoms with Crippen molar-refractivity contribution in [3.8, 4) is 28.4 Å². The number of ether oxygens (including phenoxy) is 3. The number of carbonyl (C=O) groups is 4. The maximum absolute atomic E-state index is 13.5. The molecule has 0 bridgehead atoms. The Morgan fingerprint density at radius 2 is 1.65 bits per heavy atom. The molecule has 15 nitrogen and oxygen atoms in total. The van der Waals surface area contributed by atoms with E-state index >= 15 is 0 Å². The van der Waals surface area contributed by atoms with Gasteiger partial charge in [0.2, 0.25) is 11.8 Å². The minimum atomic E-state index is -0.781. The third kappa shape index (κ3) is 9.93. The van der Waals surface area contributed by atoms with Crippen LogP contribution in [0.15, 0.2) is 41.3 Å². The number of pyridine rings is 1. The summed E-state index contributed by atoms with van der Waals surface area (Å²) in [6.45, 7) is 7.30. The second-order valence-electron chi connectivity index (χ2n) is 17.6. The number of nitrogens with one attached hydrogen (secondary N) is 2. The fraction of sp³-hybridized carbons (Fsp3) is 0.543. The molecule has 3 amide bonds. The molecular weight excluding hydrogens is 818 g/mol. The number of hydrogen-bond donors (Lipinski definition) is 2. The molecule has 8 rings (SSSR count). The topological polar surface area (TPSA) is 168 Å². The number of H-pyrrole nitrogens is 1. The van der Waals surface area contributed by atoms with E-state index in [1.165, 1.54) is 11.9 Å². The molecule has 4 fully saturated rings. The van der Waals surface area contributed by atoms with Crippen molar-refractivity contribution < 1.29 is 84.8 Å². The van der Waals surface area contributed by atoms with Gasteiger partial charge in [-0.3, -0.25) is 34.2 Å². The van der Waals surface area contributed by atoms with Crippen LogP contribution in [-0.4, -0.2) is 128 Å². The molecule has 1 atom stereocenters. The molecular formula is C46H58KN7O8. The molecule has 5 heterocycles. The molecule has 3 aromatic rings. The predicted molar refractivity (Wildman–Crippen MR) is 229 cm³/mol. The number of aromatic nitrogens is 1. The molecule has 16 heteroatoms. The number of hydrogen-bond acceptors (Lipinski definition) is 11. The van der Waals surface area contributed by atoms with Gasteiger partial charge >= 0.3 is 51.4 Å². The Labute approximate surface area is 405 Å². The van der Waals surface area contributed by atoms with Crippen LogP contribution in [0.2, 0.25) is 0 Å². The molecule has 62 heavy (non-hydrogen) atoms. The van der Waals surface area contributed by atoms with Crippen molar-refractivity contribution in [1.29, 1.82) is 0 Å². The number of nitrogens with zero attached hydrogens (tertiary/aromatic N) is 5. The average molecular weight is 876 g/mol. The third-order valence-corrected chi connectivity index (χ3v) is 14.0. The molecule has 326 valence electrons. The molecule has 2 aromatic carbocycles. The van der Waals surface area contributed by atoms with E-state index in [4.69, 9.17) is 14.2 Å². The van der Waals surface area contributed by atoms with Gasteiger partial charge in [-0.15, -0.1) is 0 Å². The SMILES string of the molecule is C[N-]N1CCc2c(-c3cc(OC)c(CN4CCC(CN5CCC6(CC5)CC(Oc5ccc(C=O)c(C(=O)N(C)C7CCC(=O)NC7=O)c5)C6)CC4)c(OC)c3)c[nH]c(=O)c2C1.[K+]. The van der Waals surface area contributed by atoms with E-state index in [9.17, 15) is 24.0 Å². The minimum Gasteiger partial charge on any atom is -0.597 e. The van der Waals surface area contributed by atoms with Gasteiger partial charge in [0.15, 0.2) is 6.29 Å². The zero-order valence-electron chi connectivity index (χ0n) is 36.8. The molecule has 3 saturated heterocycles. The smallest absolute Gasteiger partial charge is 0.597 e. The summed E-state index contributed by atoms with van der Waals surface area (Å²) in [6.07, 6.45) is 10.1. The molecule has 1 saturated carbocycles. The van der Waals surface area contributed by atoms with Crippen LogP contribution in [0.5, 0.6) is 17.2 Å². The van der Waals surface area contributed by atoms with E-state index in [2.05, 4.69) is 37.7 Å². The summed E-state index contributed by atoms with van der Waals surface area (Å²) in [5, 5.41) is 4.22. The monoisotopic (exact) mass is 875 g/mol. The molecule has 1 spiro atoms. The fourth-order valence-electron chi connectivity index (χ4n) is 10.3. The number of fused-ring (bicyclic) bond motifs is 1. The number of rotatable bonds is 13. The van der Waals surface area contributed by atoms with Crippen LogP contribution in [0.1, 0.15) is 88.8 Å². The van der Waals surface area contributed by atoms with Crippen LogP contribution >= 0.6 is 0 Å². The van der Waals surface area contributed by atoms with Crippen LogP contribution in [0, 0.1) is 11.3 Å². The van der Waals surface area contributed by atoms with Crippen LogP contribution in [0.25, 0.3) is 16.6 Å². The molecule has 5 aliphatic rings. The summed E-state index contributed by atoms with van der Waals surface area (Å²) in [5.74, 6) is 1.44. The van der Waals surface area contributed by atoms with E-state index in [1.807, 2.05) is 11.2 Å². The summed E-state index contributed by atoms with van der Waals surface area (Å²) in [7, 11) is 6.69. The van der Waals surface area contributed by atoms with E-state index in [0.29, 0.717) is 24.5 Å². The minimum absolute atomic E-state index is 0. The number of methoxy groups -OCH3 is 2. The van der Waals surface area contributed by atoms with Crippen LogP contribution < -0.4 is 76.5 Å². The summed E-state index contributed by atoms with van der Waals surface area (Å²) in [5.41, 5.74) is 9.73. The number of amides is 3. The van der Waals surface area contributed by atoms with E-state index in [0.717, 1.165) is 130 Å². The number of carbonyl (C=O) groups excluding carboxylic acids is 4. The van der Waals surface area contributed by atoms with Gasteiger partial charge in [0.1, 0.15) is 23.3 Å². The van der Waals surface area contributed by atoms with Gasteiger partial charge < -0.3 is 39.4 Å². The van der Waals surface area contributed by atoms with Crippen LogP contribution in [0.4, 0.5) is 0 Å². The van der Waals surface area contributed by atoms with Crippen molar-refractivity contribution in [2.45, 2.75) is 83.0 Å². The van der Waals surface area contributed by atoms with E-state index in [1.54, 1.807) is 39.5 Å². The normalized spacial score (nSPS) is 21.0. The van der Waals surface area contributed by atoms with Gasteiger partial charge in [-0.25, -0.2) is 0 Å². The van der Waals surface area contributed by atoms with Crippen LogP contribution in [-0.2, 0) is 29.1 Å². The number of likely N-dealkylation sites (tertiary alicyclic amines) is 2. The molecule has 4 aliphatic heterocycles. The van der Waals surface area contributed by atoms with E-state index in [-0.39, 0.29) is 98.3 Å². The third-order valence-electron chi connectivity index (χ3n) is 14.0. The van der Waals surface area contributed by atoms with Gasteiger partial charge in [-0.1, -0.05) is 0 Å². The average Bonchev–Trinajstić information content (AvgIpc) is 3.26. The van der Waals surface area contributed by atoms with E-state index < -0.39 is 17.9 Å². The van der Waals surface area contributed by atoms with Gasteiger partial charge in [0.05, 0.1) is 31.5 Å². The standard InChI is InChI=1S/C46H58N7O8.K/c1-47-53-16-11-34-36(24-48-43(56)37(34)27-53)31-19-40(59-3)38(41(20-31)60-4)26-51-14-9-29(10-15-51)25-52-17-12-46(13-18-52)22-33(23-46)61-32-6-5-30(28-54)35(21-32)45(58)50(2)39-7-8-42(55)49-44(39)57;/h5-6,19-21,24,28-29,33,39H,7-18,22-23,25-27H2,1-4H3,(H,48,56)(H,49,55,57);/q-1;+1. The first-order valence-electron chi connectivity index (χ1n) is 21.6. The van der Waals surface area contributed by atoms with Crippen molar-refractivity contribution in [3.63, 3.8) is 0 Å². The van der Waals surface area contributed by atoms with Gasteiger partial charge in [-0.2, -0.15) is 7.05 Å². The number of aromatic amines is 1. The number of aldehydes is 1. The Bertz CT molecular complexity index is 2180. The first-order chi connectivity index (χ1) is 29.5. The molecule has 0 radical (unpaired) electrons. The van der Waals surface area contributed by atoms with Gasteiger partial charge in [-0.05, 0) is 137 Å². The van der Waals surface area contributed by atoms with Crippen molar-refractivity contribution in [1.82, 2.24) is 30.0 Å². The van der Waals surface area contributed by atoms with Crippen molar-refractivity contribution in [2.75, 3.05) is 67.6 Å². The fourth-order valence-corrected chi connectivity index (χ4v) is 10.3. The summed E-state index contributed by atoms with van der Waals surface area (Å²) in [4.78, 5) is 71.5. The first kappa shape index (κ1) is 46.5. The quantitative estimate of drug-likeness (QED) is 0.145. The van der Waals surface area contributed by atoms with Gasteiger partial charge in [0.25, 0.3) is 11.5 Å². The Kier molecular flexibility index (Phi) is 15.1. The Balaban J connectivity index is 0.00000578. The second kappa shape index (κ2) is 20.2. The van der Waals surface area contributed by atoms with Crippen molar-refractivity contribution >= 4 is 24.0 Å². The summed E-state index contributed by atoms with van der Waals surface area (Å²) < 4.78 is 18.3. The maximum Gasteiger partial charge on any atom is 1.00 e. The number of piperidine rings is 3.